The molecule has 1 aromatic heterocycles. The lowest BCUT2D eigenvalue weighted by atomic mass is 10.2. The number of carboxylic acid groups (broad SMARTS) is 1. The summed E-state index contributed by atoms with van der Waals surface area (Å²) in [5.41, 5.74) is 1.69. The van der Waals surface area contributed by atoms with Crippen molar-refractivity contribution in [3.8, 4) is 0 Å². The smallest absolute Gasteiger partial charge is 0.183 e. The van der Waals surface area contributed by atoms with Crippen LogP contribution in [0.15, 0.2) is 35.7 Å². The van der Waals surface area contributed by atoms with Gasteiger partial charge in [-0.05, 0) is 5.56 Å². The lowest BCUT2D eigenvalue weighted by Crippen LogP contribution is -2.24. The number of thiazole rings is 1. The highest BCUT2D eigenvalue weighted by atomic mass is 32.1. The maximum absolute atomic E-state index is 10.4. The van der Waals surface area contributed by atoms with Crippen molar-refractivity contribution >= 4 is 22.4 Å². The van der Waals surface area contributed by atoms with Crippen LogP contribution in [0, 0.1) is 0 Å². The van der Waals surface area contributed by atoms with Crippen LogP contribution in [0.25, 0.3) is 0 Å². The minimum atomic E-state index is -1.11. The van der Waals surface area contributed by atoms with Gasteiger partial charge in [-0.15, -0.1) is 11.3 Å². The number of hydrogen-bond acceptors (Lipinski definition) is 5. The van der Waals surface area contributed by atoms with E-state index in [0.29, 0.717) is 12.2 Å². The molecule has 0 aliphatic heterocycles. The van der Waals surface area contributed by atoms with Crippen molar-refractivity contribution in [2.24, 2.45) is 0 Å². The van der Waals surface area contributed by atoms with Crippen molar-refractivity contribution < 1.29 is 9.90 Å². The molecule has 2 rings (SSSR count). The number of nitrogens with zero attached hydrogens (tertiary/aromatic N) is 1. The number of benzene rings is 1. The third-order valence-corrected chi connectivity index (χ3v) is 3.01. The Labute approximate surface area is 103 Å². The molecule has 0 amide bonds. The van der Waals surface area contributed by atoms with E-state index in [4.69, 9.17) is 0 Å². The third kappa shape index (κ3) is 3.57. The first kappa shape index (κ1) is 11.6. The fraction of sp³-hybridized carbons (Fsp3) is 0.167. The van der Waals surface area contributed by atoms with Gasteiger partial charge in [0.25, 0.3) is 0 Å². The normalized spacial score (nSPS) is 10.1. The highest BCUT2D eigenvalue weighted by molar-refractivity contribution is 7.13. The molecule has 0 atom stereocenters. The summed E-state index contributed by atoms with van der Waals surface area (Å²) in [5, 5.41) is 16.0. The Bertz CT molecular complexity index is 496. The number of carbonyl (C=O) groups is 1. The van der Waals surface area contributed by atoms with Crippen LogP contribution >= 0.6 is 11.3 Å². The molecule has 0 aliphatic rings. The molecule has 1 heterocycles. The van der Waals surface area contributed by atoms with E-state index in [2.05, 4.69) is 10.3 Å². The van der Waals surface area contributed by atoms with Gasteiger partial charge in [0.05, 0.1) is 5.69 Å². The van der Waals surface area contributed by atoms with Crippen LogP contribution in [0.3, 0.4) is 0 Å². The van der Waals surface area contributed by atoms with Gasteiger partial charge in [0.15, 0.2) is 5.13 Å². The number of nitrogens with one attached hydrogen (secondary N) is 1. The largest absolute Gasteiger partial charge is 0.550 e. The molecule has 0 spiro atoms. The number of anilines is 1. The molecule has 2 aromatic rings. The summed E-state index contributed by atoms with van der Waals surface area (Å²) in [6, 6.07) is 9.94. The summed E-state index contributed by atoms with van der Waals surface area (Å²) in [6.07, 6.45) is -0.135. The van der Waals surface area contributed by atoms with E-state index in [1.807, 2.05) is 30.3 Å². The molecule has 17 heavy (non-hydrogen) atoms. The zero-order valence-corrected chi connectivity index (χ0v) is 9.87. The minimum absolute atomic E-state index is 0.135. The average molecular weight is 247 g/mol. The van der Waals surface area contributed by atoms with Gasteiger partial charge in [-0.25, -0.2) is 4.98 Å². The summed E-state index contributed by atoms with van der Waals surface area (Å²) in [4.78, 5) is 14.5. The SMILES string of the molecule is O=C([O-])Cc1csc(NCc2ccccc2)n1. The van der Waals surface area contributed by atoms with Crippen molar-refractivity contribution in [2.45, 2.75) is 13.0 Å². The monoisotopic (exact) mass is 247 g/mol. The van der Waals surface area contributed by atoms with E-state index in [-0.39, 0.29) is 6.42 Å². The number of aliphatic carboxylic acids is 1. The standard InChI is InChI=1S/C12H12N2O2S/c15-11(16)6-10-8-17-12(14-10)13-7-9-4-2-1-3-5-9/h1-5,8H,6-7H2,(H,13,14)(H,15,16)/p-1. The van der Waals surface area contributed by atoms with E-state index >= 15 is 0 Å². The van der Waals surface area contributed by atoms with Gasteiger partial charge < -0.3 is 15.2 Å². The van der Waals surface area contributed by atoms with Gasteiger partial charge in [0.2, 0.25) is 0 Å². The summed E-state index contributed by atoms with van der Waals surface area (Å²) >= 11 is 1.40. The lowest BCUT2D eigenvalue weighted by Gasteiger charge is -2.02. The Hall–Kier alpha value is -1.88. The van der Waals surface area contributed by atoms with Gasteiger partial charge in [-0.1, -0.05) is 30.3 Å². The molecule has 0 saturated heterocycles. The molecule has 0 fully saturated rings. The van der Waals surface area contributed by atoms with Crippen LogP contribution in [0.2, 0.25) is 0 Å². The number of rotatable bonds is 5. The summed E-state index contributed by atoms with van der Waals surface area (Å²) < 4.78 is 0. The maximum atomic E-state index is 10.4. The fourth-order valence-electron chi connectivity index (χ4n) is 1.39. The van der Waals surface area contributed by atoms with Crippen LogP contribution in [0.5, 0.6) is 0 Å². The highest BCUT2D eigenvalue weighted by Gasteiger charge is 2.01. The summed E-state index contributed by atoms with van der Waals surface area (Å²) in [6.45, 7) is 0.680. The molecule has 0 saturated carbocycles. The predicted molar refractivity (Wildman–Crippen MR) is 64.6 cm³/mol. The molecular weight excluding hydrogens is 236 g/mol. The van der Waals surface area contributed by atoms with Crippen molar-refractivity contribution in [1.29, 1.82) is 0 Å². The lowest BCUT2D eigenvalue weighted by molar-refractivity contribution is -0.304. The van der Waals surface area contributed by atoms with Crippen LogP contribution in [-0.2, 0) is 17.8 Å². The van der Waals surface area contributed by atoms with Gasteiger partial charge >= 0.3 is 0 Å². The molecule has 0 bridgehead atoms. The second-order valence-corrected chi connectivity index (χ2v) is 4.39. The zero-order valence-electron chi connectivity index (χ0n) is 9.05. The minimum Gasteiger partial charge on any atom is -0.550 e. The fourth-order valence-corrected chi connectivity index (χ4v) is 2.10. The van der Waals surface area contributed by atoms with E-state index in [0.717, 1.165) is 10.7 Å². The van der Waals surface area contributed by atoms with E-state index in [1.54, 1.807) is 5.38 Å². The molecule has 1 N–H and O–H groups in total. The zero-order chi connectivity index (χ0) is 12.1. The maximum Gasteiger partial charge on any atom is 0.183 e. The van der Waals surface area contributed by atoms with Crippen molar-refractivity contribution in [1.82, 2.24) is 4.98 Å². The van der Waals surface area contributed by atoms with E-state index in [9.17, 15) is 9.90 Å². The quantitative estimate of drug-likeness (QED) is 0.857. The first-order chi connectivity index (χ1) is 8.24. The van der Waals surface area contributed by atoms with Crippen LogP contribution < -0.4 is 10.4 Å². The Morgan fingerprint density at radius 1 is 1.35 bits per heavy atom. The number of aromatic nitrogens is 1. The van der Waals surface area contributed by atoms with Gasteiger partial charge in [-0.3, -0.25) is 0 Å². The van der Waals surface area contributed by atoms with Crippen LogP contribution in [0.4, 0.5) is 5.13 Å². The highest BCUT2D eigenvalue weighted by Crippen LogP contribution is 2.16. The molecule has 88 valence electrons. The first-order valence-corrected chi connectivity index (χ1v) is 6.04. The number of carbonyl (C=O) groups excluding carboxylic acids is 1. The predicted octanol–water partition coefficient (Wildman–Crippen LogP) is 1.05. The second-order valence-electron chi connectivity index (χ2n) is 3.53. The van der Waals surface area contributed by atoms with Crippen LogP contribution in [-0.4, -0.2) is 11.0 Å². The van der Waals surface area contributed by atoms with Crippen LogP contribution in [0.1, 0.15) is 11.3 Å². The van der Waals surface area contributed by atoms with Gasteiger partial charge in [-0.2, -0.15) is 0 Å². The molecular formula is C12H11N2O2S-. The Morgan fingerprint density at radius 3 is 2.82 bits per heavy atom. The Balaban J connectivity index is 1.91. The molecule has 5 heteroatoms. The van der Waals surface area contributed by atoms with Gasteiger partial charge in [0.1, 0.15) is 0 Å². The van der Waals surface area contributed by atoms with Gasteiger partial charge in [0, 0.05) is 24.3 Å². The summed E-state index contributed by atoms with van der Waals surface area (Å²) in [5.74, 6) is -1.11. The van der Waals surface area contributed by atoms with E-state index in [1.165, 1.54) is 11.3 Å². The third-order valence-electron chi connectivity index (χ3n) is 2.16. The first-order valence-electron chi connectivity index (χ1n) is 5.16. The molecule has 4 nitrogen and oxygen atoms in total. The van der Waals surface area contributed by atoms with Crippen molar-refractivity contribution in [3.05, 3.63) is 47.0 Å². The Morgan fingerprint density at radius 2 is 2.12 bits per heavy atom. The molecule has 0 unspecified atom stereocenters. The van der Waals surface area contributed by atoms with Crippen molar-refractivity contribution in [3.63, 3.8) is 0 Å². The summed E-state index contributed by atoms with van der Waals surface area (Å²) in [7, 11) is 0. The average Bonchev–Trinajstić information content (AvgIpc) is 2.75. The van der Waals surface area contributed by atoms with Crippen molar-refractivity contribution in [2.75, 3.05) is 5.32 Å². The number of hydrogen-bond donors (Lipinski definition) is 1. The topological polar surface area (TPSA) is 65.0 Å². The number of carboxylic acids is 1. The molecule has 1 aromatic carbocycles. The second kappa shape index (κ2) is 5.45. The Kier molecular flexibility index (Phi) is 3.72. The molecule has 0 radical (unpaired) electrons. The molecule has 0 aliphatic carbocycles. The van der Waals surface area contributed by atoms with E-state index < -0.39 is 5.97 Å².